The van der Waals surface area contributed by atoms with Crippen molar-refractivity contribution in [2.45, 2.75) is 18.9 Å². The van der Waals surface area contributed by atoms with Crippen LogP contribution in [0.5, 0.6) is 0 Å². The predicted octanol–water partition coefficient (Wildman–Crippen LogP) is 1.99. The quantitative estimate of drug-likeness (QED) is 0.596. The Hall–Kier alpha value is -2.66. The molecule has 1 amide bonds. The number of nitrogens with two attached hydrogens (primary N) is 1. The fourth-order valence-electron chi connectivity index (χ4n) is 2.68. The molecule has 0 aromatic heterocycles. The van der Waals surface area contributed by atoms with Crippen LogP contribution < -0.4 is 11.1 Å². The molecule has 5 nitrogen and oxygen atoms in total. The molecule has 0 saturated carbocycles. The van der Waals surface area contributed by atoms with Crippen LogP contribution in [-0.4, -0.2) is 16.8 Å². The van der Waals surface area contributed by atoms with Gasteiger partial charge < -0.3 is 16.2 Å². The van der Waals surface area contributed by atoms with Crippen LogP contribution in [0.3, 0.4) is 0 Å². The van der Waals surface area contributed by atoms with Gasteiger partial charge in [-0.1, -0.05) is 29.8 Å². The normalized spacial score (nSPS) is 19.6. The molecule has 0 spiro atoms. The van der Waals surface area contributed by atoms with Crippen molar-refractivity contribution in [3.63, 3.8) is 0 Å². The van der Waals surface area contributed by atoms with E-state index in [1.165, 1.54) is 6.07 Å². The molecule has 4 N–H and O–H groups in total. The lowest BCUT2D eigenvalue weighted by molar-refractivity contribution is -0.133. The number of rotatable bonds is 3. The van der Waals surface area contributed by atoms with E-state index in [0.717, 1.165) is 5.56 Å². The molecule has 1 aliphatic rings. The molecule has 2 aromatic carbocycles. The summed E-state index contributed by atoms with van der Waals surface area (Å²) in [6.07, 6.45) is -0.321. The molecule has 0 bridgehead atoms. The second kappa shape index (κ2) is 4.96. The number of Topliss-reactive ketones (excluding diaryl/α,β-unsaturated/α-hetero) is 1. The second-order valence-corrected chi connectivity index (χ2v) is 5.59. The van der Waals surface area contributed by atoms with Crippen molar-refractivity contribution in [3.05, 3.63) is 59.2 Å². The Labute approximate surface area is 127 Å². The highest BCUT2D eigenvalue weighted by Gasteiger charge is 2.46. The smallest absolute Gasteiger partial charge is 0.261 e. The maximum absolute atomic E-state index is 12.4. The lowest BCUT2D eigenvalue weighted by Gasteiger charge is -2.20. The van der Waals surface area contributed by atoms with E-state index in [2.05, 4.69) is 5.32 Å². The van der Waals surface area contributed by atoms with Crippen LogP contribution in [0.1, 0.15) is 27.9 Å². The molecule has 5 heteroatoms. The van der Waals surface area contributed by atoms with Gasteiger partial charge in [0.25, 0.3) is 5.91 Å². The van der Waals surface area contributed by atoms with Crippen LogP contribution in [-0.2, 0) is 10.4 Å². The first kappa shape index (κ1) is 14.3. The molecule has 3 rings (SSSR count). The molecule has 112 valence electrons. The minimum atomic E-state index is -1.84. The number of benzene rings is 2. The molecule has 0 saturated heterocycles. The van der Waals surface area contributed by atoms with Gasteiger partial charge in [-0.3, -0.25) is 9.59 Å². The Morgan fingerprint density at radius 1 is 1.27 bits per heavy atom. The molecule has 0 fully saturated rings. The number of hydrogen-bond donors (Lipinski definition) is 3. The SMILES string of the molecule is Cc1ccc2c(c1)C(O)(CC(=O)c1cccc(N)c1)C(=O)N2. The summed E-state index contributed by atoms with van der Waals surface area (Å²) in [6, 6.07) is 11.8. The third-order valence-electron chi connectivity index (χ3n) is 3.87. The highest BCUT2D eigenvalue weighted by atomic mass is 16.3. The van der Waals surface area contributed by atoms with Gasteiger partial charge in [0.15, 0.2) is 11.4 Å². The van der Waals surface area contributed by atoms with Gasteiger partial charge in [-0.15, -0.1) is 0 Å². The Bertz CT molecular complexity index is 785. The molecule has 1 atom stereocenters. The molecule has 0 aliphatic carbocycles. The standard InChI is InChI=1S/C17H16N2O3/c1-10-5-6-14-13(7-10)17(22,16(21)19-14)9-15(20)11-3-2-4-12(18)8-11/h2-8,22H,9,18H2,1H3,(H,19,21). The maximum Gasteiger partial charge on any atom is 0.261 e. The van der Waals surface area contributed by atoms with Crippen molar-refractivity contribution in [1.82, 2.24) is 0 Å². The number of ketones is 1. The number of amides is 1. The van der Waals surface area contributed by atoms with Gasteiger partial charge >= 0.3 is 0 Å². The van der Waals surface area contributed by atoms with Crippen molar-refractivity contribution in [1.29, 1.82) is 0 Å². The molecule has 1 heterocycles. The zero-order chi connectivity index (χ0) is 15.9. The summed E-state index contributed by atoms with van der Waals surface area (Å²) in [4.78, 5) is 24.6. The molecule has 1 unspecified atom stereocenters. The number of nitrogens with one attached hydrogen (secondary N) is 1. The first-order valence-corrected chi connectivity index (χ1v) is 6.94. The fraction of sp³-hybridized carbons (Fsp3) is 0.176. The summed E-state index contributed by atoms with van der Waals surface area (Å²) in [5.41, 5.74) is 6.55. The maximum atomic E-state index is 12.4. The van der Waals surface area contributed by atoms with E-state index in [1.54, 1.807) is 30.3 Å². The largest absolute Gasteiger partial charge is 0.399 e. The highest BCUT2D eigenvalue weighted by Crippen LogP contribution is 2.39. The topological polar surface area (TPSA) is 92.4 Å². The highest BCUT2D eigenvalue weighted by molar-refractivity contribution is 6.09. The van der Waals surface area contributed by atoms with Gasteiger partial charge in [-0.05, 0) is 25.1 Å². The van der Waals surface area contributed by atoms with Crippen molar-refractivity contribution >= 4 is 23.1 Å². The number of anilines is 2. The fourth-order valence-corrected chi connectivity index (χ4v) is 2.68. The van der Waals surface area contributed by atoms with E-state index in [-0.39, 0.29) is 12.2 Å². The molecule has 1 aliphatic heterocycles. The monoisotopic (exact) mass is 296 g/mol. The third-order valence-corrected chi connectivity index (χ3v) is 3.87. The number of fused-ring (bicyclic) bond motifs is 1. The van der Waals surface area contributed by atoms with Crippen LogP contribution in [0.4, 0.5) is 11.4 Å². The Morgan fingerprint density at radius 2 is 2.05 bits per heavy atom. The molecule has 0 radical (unpaired) electrons. The number of carbonyl (C=O) groups excluding carboxylic acids is 2. The summed E-state index contributed by atoms with van der Waals surface area (Å²) in [7, 11) is 0. The average molecular weight is 296 g/mol. The van der Waals surface area contributed by atoms with Gasteiger partial charge in [0, 0.05) is 22.5 Å². The number of nitrogen functional groups attached to an aromatic ring is 1. The van der Waals surface area contributed by atoms with Crippen molar-refractivity contribution in [3.8, 4) is 0 Å². The number of aryl methyl sites for hydroxylation is 1. The van der Waals surface area contributed by atoms with Crippen LogP contribution in [0.2, 0.25) is 0 Å². The van der Waals surface area contributed by atoms with Crippen molar-refractivity contribution in [2.75, 3.05) is 11.1 Å². The lowest BCUT2D eigenvalue weighted by Crippen LogP contribution is -2.36. The van der Waals surface area contributed by atoms with Gasteiger partial charge in [-0.25, -0.2) is 0 Å². The molecular formula is C17H16N2O3. The van der Waals surface area contributed by atoms with Crippen LogP contribution in [0.25, 0.3) is 0 Å². The first-order valence-electron chi connectivity index (χ1n) is 6.94. The van der Waals surface area contributed by atoms with Crippen LogP contribution in [0, 0.1) is 6.92 Å². The average Bonchev–Trinajstić information content (AvgIpc) is 2.71. The predicted molar refractivity (Wildman–Crippen MR) is 83.5 cm³/mol. The molecular weight excluding hydrogens is 280 g/mol. The Kier molecular flexibility index (Phi) is 3.22. The Morgan fingerprint density at radius 3 is 2.77 bits per heavy atom. The van der Waals surface area contributed by atoms with E-state index in [0.29, 0.717) is 22.5 Å². The second-order valence-electron chi connectivity index (χ2n) is 5.59. The summed E-state index contributed by atoms with van der Waals surface area (Å²) in [5, 5.41) is 13.4. The lowest BCUT2D eigenvalue weighted by atomic mass is 9.87. The minimum absolute atomic E-state index is 0.321. The van der Waals surface area contributed by atoms with Crippen molar-refractivity contribution in [2.24, 2.45) is 0 Å². The van der Waals surface area contributed by atoms with Crippen LogP contribution >= 0.6 is 0 Å². The summed E-state index contributed by atoms with van der Waals surface area (Å²) < 4.78 is 0. The van der Waals surface area contributed by atoms with E-state index < -0.39 is 11.5 Å². The number of hydrogen-bond acceptors (Lipinski definition) is 4. The minimum Gasteiger partial charge on any atom is -0.399 e. The zero-order valence-corrected chi connectivity index (χ0v) is 12.1. The third kappa shape index (κ3) is 2.25. The van der Waals surface area contributed by atoms with E-state index in [9.17, 15) is 14.7 Å². The number of aliphatic hydroxyl groups is 1. The first-order chi connectivity index (χ1) is 10.4. The van der Waals surface area contributed by atoms with Gasteiger partial charge in [0.2, 0.25) is 0 Å². The van der Waals surface area contributed by atoms with Crippen LogP contribution in [0.15, 0.2) is 42.5 Å². The van der Waals surface area contributed by atoms with Gasteiger partial charge in [0.1, 0.15) is 0 Å². The summed E-state index contributed by atoms with van der Waals surface area (Å²) >= 11 is 0. The van der Waals surface area contributed by atoms with E-state index in [4.69, 9.17) is 5.73 Å². The zero-order valence-electron chi connectivity index (χ0n) is 12.1. The molecule has 2 aromatic rings. The summed E-state index contributed by atoms with van der Waals surface area (Å²) in [5.74, 6) is -0.912. The number of carbonyl (C=O) groups is 2. The molecule has 22 heavy (non-hydrogen) atoms. The van der Waals surface area contributed by atoms with Gasteiger partial charge in [0.05, 0.1) is 6.42 Å². The Balaban J connectivity index is 1.96. The van der Waals surface area contributed by atoms with Crippen molar-refractivity contribution < 1.29 is 14.7 Å². The van der Waals surface area contributed by atoms with E-state index in [1.807, 2.05) is 13.0 Å². The van der Waals surface area contributed by atoms with E-state index >= 15 is 0 Å². The van der Waals surface area contributed by atoms with Gasteiger partial charge in [-0.2, -0.15) is 0 Å². The summed E-state index contributed by atoms with van der Waals surface area (Å²) in [6.45, 7) is 1.86.